The van der Waals surface area contributed by atoms with Gasteiger partial charge in [-0.3, -0.25) is 0 Å². The molecule has 12 heavy (non-hydrogen) atoms. The van der Waals surface area contributed by atoms with Crippen LogP contribution in [-0.2, 0) is 6.54 Å². The summed E-state index contributed by atoms with van der Waals surface area (Å²) < 4.78 is 6.12. The zero-order valence-corrected chi connectivity index (χ0v) is 7.97. The van der Waals surface area contributed by atoms with Gasteiger partial charge in [-0.25, -0.2) is 0 Å². The summed E-state index contributed by atoms with van der Waals surface area (Å²) in [7, 11) is 0. The van der Waals surface area contributed by atoms with Crippen molar-refractivity contribution in [3.8, 4) is 0 Å². The maximum absolute atomic E-state index is 5.57. The predicted octanol–water partition coefficient (Wildman–Crippen LogP) is 2.65. The van der Waals surface area contributed by atoms with Crippen molar-refractivity contribution in [1.29, 1.82) is 0 Å². The molecule has 0 amide bonds. The Bertz CT molecular complexity index is 408. The van der Waals surface area contributed by atoms with Gasteiger partial charge in [-0.05, 0) is 33.6 Å². The molecule has 2 nitrogen and oxygen atoms in total. The summed E-state index contributed by atoms with van der Waals surface area (Å²) in [6.45, 7) is 0.545. The Morgan fingerprint density at radius 2 is 2.25 bits per heavy atom. The number of benzene rings is 1. The quantitative estimate of drug-likeness (QED) is 0.811. The van der Waals surface area contributed by atoms with E-state index in [1.54, 1.807) is 0 Å². The molecule has 1 aromatic carbocycles. The fraction of sp³-hybridized carbons (Fsp3) is 0.111. The van der Waals surface area contributed by atoms with Crippen molar-refractivity contribution in [3.63, 3.8) is 0 Å². The van der Waals surface area contributed by atoms with Crippen molar-refractivity contribution in [3.05, 3.63) is 34.5 Å². The first-order valence-corrected chi connectivity index (χ1v) is 4.47. The molecule has 0 spiro atoms. The summed E-state index contributed by atoms with van der Waals surface area (Å²) in [5, 5.41) is 1.09. The number of halogens is 1. The van der Waals surface area contributed by atoms with E-state index in [1.807, 2.05) is 24.3 Å². The molecule has 0 unspecified atom stereocenters. The van der Waals surface area contributed by atoms with Gasteiger partial charge in [0.05, 0.1) is 0 Å². The van der Waals surface area contributed by atoms with Crippen molar-refractivity contribution in [1.82, 2.24) is 0 Å². The molecule has 0 radical (unpaired) electrons. The number of nitrogens with two attached hydrogens (primary N) is 1. The van der Waals surface area contributed by atoms with Gasteiger partial charge in [-0.1, -0.05) is 12.1 Å². The maximum atomic E-state index is 5.57. The third-order valence-electron chi connectivity index (χ3n) is 1.84. The Labute approximate surface area is 78.5 Å². The molecule has 0 aliphatic carbocycles. The van der Waals surface area contributed by atoms with E-state index in [0.717, 1.165) is 21.2 Å². The monoisotopic (exact) mass is 225 g/mol. The minimum atomic E-state index is 0.545. The first-order chi connectivity index (χ1) is 5.81. The van der Waals surface area contributed by atoms with Crippen molar-refractivity contribution in [2.24, 2.45) is 5.73 Å². The second-order valence-electron chi connectivity index (χ2n) is 2.58. The summed E-state index contributed by atoms with van der Waals surface area (Å²) in [6, 6.07) is 7.82. The van der Waals surface area contributed by atoms with E-state index in [4.69, 9.17) is 10.2 Å². The van der Waals surface area contributed by atoms with Gasteiger partial charge < -0.3 is 10.2 Å². The van der Waals surface area contributed by atoms with Crippen LogP contribution in [0.1, 0.15) is 5.56 Å². The molecular formula is C9H8BrNO. The van der Waals surface area contributed by atoms with Crippen LogP contribution >= 0.6 is 15.9 Å². The van der Waals surface area contributed by atoms with Gasteiger partial charge in [0.1, 0.15) is 5.58 Å². The molecule has 1 aromatic heterocycles. The normalized spacial score (nSPS) is 10.8. The van der Waals surface area contributed by atoms with Crippen molar-refractivity contribution >= 4 is 26.9 Å². The largest absolute Gasteiger partial charge is 0.449 e. The second-order valence-corrected chi connectivity index (χ2v) is 3.37. The summed E-state index contributed by atoms with van der Waals surface area (Å²) >= 11 is 3.28. The zero-order chi connectivity index (χ0) is 8.55. The van der Waals surface area contributed by atoms with Crippen molar-refractivity contribution < 1.29 is 4.42 Å². The van der Waals surface area contributed by atoms with E-state index in [1.165, 1.54) is 0 Å². The first-order valence-electron chi connectivity index (χ1n) is 3.68. The van der Waals surface area contributed by atoms with Gasteiger partial charge in [0.15, 0.2) is 4.67 Å². The van der Waals surface area contributed by atoms with E-state index in [0.29, 0.717) is 6.54 Å². The minimum absolute atomic E-state index is 0.545. The molecule has 0 bridgehead atoms. The number of hydrogen-bond donors (Lipinski definition) is 1. The molecule has 0 fully saturated rings. The third kappa shape index (κ3) is 1.15. The molecule has 2 N–H and O–H groups in total. The average Bonchev–Trinajstić information content (AvgIpc) is 2.44. The van der Waals surface area contributed by atoms with Crippen LogP contribution in [-0.4, -0.2) is 0 Å². The Morgan fingerprint density at radius 3 is 3.00 bits per heavy atom. The van der Waals surface area contributed by atoms with Crippen LogP contribution in [0.15, 0.2) is 33.4 Å². The van der Waals surface area contributed by atoms with E-state index in [9.17, 15) is 0 Å². The van der Waals surface area contributed by atoms with Crippen LogP contribution in [0.2, 0.25) is 0 Å². The topological polar surface area (TPSA) is 39.2 Å². The second kappa shape index (κ2) is 2.92. The van der Waals surface area contributed by atoms with Crippen LogP contribution in [0.5, 0.6) is 0 Å². The highest BCUT2D eigenvalue weighted by molar-refractivity contribution is 9.10. The molecule has 0 aliphatic rings. The SMILES string of the molecule is NCc1cccc2oc(Br)cc12. The van der Waals surface area contributed by atoms with Gasteiger partial charge in [-0.15, -0.1) is 0 Å². The fourth-order valence-corrected chi connectivity index (χ4v) is 1.67. The number of hydrogen-bond acceptors (Lipinski definition) is 2. The molecule has 2 rings (SSSR count). The molecule has 2 aromatic rings. The molecule has 0 saturated heterocycles. The Balaban J connectivity index is 2.78. The lowest BCUT2D eigenvalue weighted by atomic mass is 10.1. The third-order valence-corrected chi connectivity index (χ3v) is 2.23. The molecule has 1 heterocycles. The maximum Gasteiger partial charge on any atom is 0.170 e. The lowest BCUT2D eigenvalue weighted by Gasteiger charge is -1.95. The van der Waals surface area contributed by atoms with E-state index in [2.05, 4.69) is 15.9 Å². The van der Waals surface area contributed by atoms with Crippen LogP contribution in [0, 0.1) is 0 Å². The van der Waals surface area contributed by atoms with E-state index >= 15 is 0 Å². The highest BCUT2D eigenvalue weighted by atomic mass is 79.9. The van der Waals surface area contributed by atoms with Gasteiger partial charge in [0.2, 0.25) is 0 Å². The van der Waals surface area contributed by atoms with Crippen molar-refractivity contribution in [2.45, 2.75) is 6.54 Å². The summed E-state index contributed by atoms with van der Waals surface area (Å²) in [5.41, 5.74) is 7.56. The highest BCUT2D eigenvalue weighted by Gasteiger charge is 2.03. The number of furan rings is 1. The van der Waals surface area contributed by atoms with Crippen molar-refractivity contribution in [2.75, 3.05) is 0 Å². The van der Waals surface area contributed by atoms with Gasteiger partial charge >= 0.3 is 0 Å². The average molecular weight is 226 g/mol. The smallest absolute Gasteiger partial charge is 0.170 e. The minimum Gasteiger partial charge on any atom is -0.449 e. The predicted molar refractivity (Wildman–Crippen MR) is 51.8 cm³/mol. The molecule has 0 aliphatic heterocycles. The summed E-state index contributed by atoms with van der Waals surface area (Å²) in [5.74, 6) is 0. The first kappa shape index (κ1) is 7.83. The molecule has 0 saturated carbocycles. The fourth-order valence-electron chi connectivity index (χ4n) is 1.27. The number of rotatable bonds is 1. The highest BCUT2D eigenvalue weighted by Crippen LogP contribution is 2.25. The van der Waals surface area contributed by atoms with Gasteiger partial charge in [0.25, 0.3) is 0 Å². The molecular weight excluding hydrogens is 218 g/mol. The van der Waals surface area contributed by atoms with Crippen LogP contribution in [0.3, 0.4) is 0 Å². The van der Waals surface area contributed by atoms with Gasteiger partial charge in [0, 0.05) is 11.9 Å². The molecule has 62 valence electrons. The number of fused-ring (bicyclic) bond motifs is 1. The van der Waals surface area contributed by atoms with E-state index < -0.39 is 0 Å². The van der Waals surface area contributed by atoms with E-state index in [-0.39, 0.29) is 0 Å². The summed E-state index contributed by atoms with van der Waals surface area (Å²) in [4.78, 5) is 0. The van der Waals surface area contributed by atoms with Crippen LogP contribution in [0.4, 0.5) is 0 Å². The molecule has 3 heteroatoms. The Hall–Kier alpha value is -0.800. The summed E-state index contributed by atoms with van der Waals surface area (Å²) in [6.07, 6.45) is 0. The Kier molecular flexibility index (Phi) is 1.90. The zero-order valence-electron chi connectivity index (χ0n) is 6.38. The lowest BCUT2D eigenvalue weighted by Crippen LogP contribution is -1.95. The molecule has 0 atom stereocenters. The van der Waals surface area contributed by atoms with Gasteiger partial charge in [-0.2, -0.15) is 0 Å². The van der Waals surface area contributed by atoms with Crippen LogP contribution in [0.25, 0.3) is 11.0 Å². The Morgan fingerprint density at radius 1 is 1.42 bits per heavy atom. The standard InChI is InChI=1S/C9H8BrNO/c10-9-4-7-6(5-11)2-1-3-8(7)12-9/h1-4H,5,11H2. The van der Waals surface area contributed by atoms with Crippen LogP contribution < -0.4 is 5.73 Å². The lowest BCUT2D eigenvalue weighted by molar-refractivity contribution is 0.587.